The minimum atomic E-state index is -1.47. The van der Waals surface area contributed by atoms with Crippen LogP contribution in [-0.2, 0) is 4.74 Å². The molecule has 68 valence electrons. The summed E-state index contributed by atoms with van der Waals surface area (Å²) in [5.74, 6) is 1.14. The van der Waals surface area contributed by atoms with Crippen molar-refractivity contribution in [3.8, 4) is 12.3 Å². The number of terminal acetylenes is 1. The summed E-state index contributed by atoms with van der Waals surface area (Å²) in [4.78, 5) is 0. The molecule has 1 aliphatic rings. The highest BCUT2D eigenvalue weighted by Gasteiger charge is 2.34. The van der Waals surface area contributed by atoms with E-state index in [1.807, 2.05) is 0 Å². The standard InChI is InChI=1S/C9H14O3/c1-2-5-12-7-8-3-4-9(10,11)6-8/h1,8,10-11H,3-7H2/t8-/m0/s1. The Hall–Kier alpha value is -0.560. The van der Waals surface area contributed by atoms with E-state index in [1.165, 1.54) is 0 Å². The molecule has 0 spiro atoms. The SMILES string of the molecule is C#CCOC[C@H]1CCC(O)(O)C1. The third kappa shape index (κ3) is 2.82. The van der Waals surface area contributed by atoms with Gasteiger partial charge >= 0.3 is 0 Å². The Labute approximate surface area is 72.4 Å². The average Bonchev–Trinajstić information content (AvgIpc) is 2.31. The largest absolute Gasteiger partial charge is 0.369 e. The van der Waals surface area contributed by atoms with E-state index in [2.05, 4.69) is 5.92 Å². The van der Waals surface area contributed by atoms with E-state index in [0.29, 0.717) is 26.1 Å². The van der Waals surface area contributed by atoms with Crippen LogP contribution in [0.15, 0.2) is 0 Å². The Morgan fingerprint density at radius 2 is 2.33 bits per heavy atom. The Morgan fingerprint density at radius 1 is 1.58 bits per heavy atom. The van der Waals surface area contributed by atoms with Crippen LogP contribution in [-0.4, -0.2) is 29.2 Å². The van der Waals surface area contributed by atoms with Crippen molar-refractivity contribution in [2.24, 2.45) is 5.92 Å². The van der Waals surface area contributed by atoms with Gasteiger partial charge in [-0.3, -0.25) is 0 Å². The second-order valence-corrected chi connectivity index (χ2v) is 3.31. The highest BCUT2D eigenvalue weighted by atomic mass is 16.5. The van der Waals surface area contributed by atoms with E-state index in [9.17, 15) is 10.2 Å². The van der Waals surface area contributed by atoms with E-state index >= 15 is 0 Å². The van der Waals surface area contributed by atoms with Crippen molar-refractivity contribution < 1.29 is 14.9 Å². The minimum absolute atomic E-state index is 0.244. The lowest BCUT2D eigenvalue weighted by atomic mass is 10.1. The third-order valence-electron chi connectivity index (χ3n) is 2.11. The predicted molar refractivity (Wildman–Crippen MR) is 44.2 cm³/mol. The maximum absolute atomic E-state index is 9.18. The Kier molecular flexibility index (Phi) is 3.10. The lowest BCUT2D eigenvalue weighted by Gasteiger charge is -2.14. The van der Waals surface area contributed by atoms with E-state index in [4.69, 9.17) is 11.2 Å². The van der Waals surface area contributed by atoms with Crippen LogP contribution >= 0.6 is 0 Å². The van der Waals surface area contributed by atoms with Gasteiger partial charge in [0, 0.05) is 12.8 Å². The fourth-order valence-electron chi connectivity index (χ4n) is 1.53. The van der Waals surface area contributed by atoms with Crippen molar-refractivity contribution in [1.29, 1.82) is 0 Å². The smallest absolute Gasteiger partial charge is 0.162 e. The molecule has 0 heterocycles. The number of aliphatic hydroxyl groups is 2. The topological polar surface area (TPSA) is 49.7 Å². The first-order valence-corrected chi connectivity index (χ1v) is 4.10. The van der Waals surface area contributed by atoms with Crippen molar-refractivity contribution >= 4 is 0 Å². The van der Waals surface area contributed by atoms with Gasteiger partial charge in [0.2, 0.25) is 0 Å². The summed E-state index contributed by atoms with van der Waals surface area (Å²) in [5.41, 5.74) is 0. The molecule has 0 bridgehead atoms. The summed E-state index contributed by atoms with van der Waals surface area (Å²) in [6.45, 7) is 0.841. The van der Waals surface area contributed by atoms with Crippen LogP contribution in [0.5, 0.6) is 0 Å². The molecule has 12 heavy (non-hydrogen) atoms. The van der Waals surface area contributed by atoms with E-state index in [-0.39, 0.29) is 5.92 Å². The first kappa shape index (κ1) is 9.53. The van der Waals surface area contributed by atoms with Crippen LogP contribution in [0.25, 0.3) is 0 Å². The fraction of sp³-hybridized carbons (Fsp3) is 0.778. The predicted octanol–water partition coefficient (Wildman–Crippen LogP) is 0.117. The molecule has 3 nitrogen and oxygen atoms in total. The molecular weight excluding hydrogens is 156 g/mol. The molecule has 1 fully saturated rings. The fourth-order valence-corrected chi connectivity index (χ4v) is 1.53. The number of rotatable bonds is 3. The van der Waals surface area contributed by atoms with Crippen LogP contribution in [0, 0.1) is 18.3 Å². The summed E-state index contributed by atoms with van der Waals surface area (Å²) >= 11 is 0. The quantitative estimate of drug-likeness (QED) is 0.359. The molecule has 0 aromatic carbocycles. The zero-order chi connectivity index (χ0) is 9.03. The van der Waals surface area contributed by atoms with Gasteiger partial charge in [0.05, 0.1) is 6.61 Å². The number of hydrogen-bond acceptors (Lipinski definition) is 3. The number of hydrogen-bond donors (Lipinski definition) is 2. The summed E-state index contributed by atoms with van der Waals surface area (Å²) in [5, 5.41) is 18.4. The van der Waals surface area contributed by atoms with Crippen LogP contribution in [0.4, 0.5) is 0 Å². The van der Waals surface area contributed by atoms with Gasteiger partial charge in [-0.2, -0.15) is 0 Å². The zero-order valence-electron chi connectivity index (χ0n) is 6.99. The van der Waals surface area contributed by atoms with E-state index in [1.54, 1.807) is 0 Å². The highest BCUT2D eigenvalue weighted by Crippen LogP contribution is 2.32. The highest BCUT2D eigenvalue weighted by molar-refractivity contribution is 4.84. The van der Waals surface area contributed by atoms with Gasteiger partial charge in [-0.25, -0.2) is 0 Å². The molecule has 1 rings (SSSR count). The molecule has 0 unspecified atom stereocenters. The molecule has 0 aliphatic heterocycles. The molecule has 0 aromatic rings. The molecule has 3 heteroatoms. The van der Waals surface area contributed by atoms with Gasteiger partial charge in [0.25, 0.3) is 0 Å². The molecule has 1 aliphatic carbocycles. The van der Waals surface area contributed by atoms with Crippen molar-refractivity contribution in [1.82, 2.24) is 0 Å². The molecule has 2 N–H and O–H groups in total. The lowest BCUT2D eigenvalue weighted by Crippen LogP contribution is -2.23. The van der Waals surface area contributed by atoms with Crippen molar-refractivity contribution in [2.45, 2.75) is 25.0 Å². The first-order chi connectivity index (χ1) is 5.64. The first-order valence-electron chi connectivity index (χ1n) is 4.10. The molecule has 1 atom stereocenters. The van der Waals surface area contributed by atoms with Gasteiger partial charge in [0.1, 0.15) is 6.61 Å². The lowest BCUT2D eigenvalue weighted by molar-refractivity contribution is -0.156. The van der Waals surface area contributed by atoms with Gasteiger partial charge in [-0.05, 0) is 12.3 Å². The van der Waals surface area contributed by atoms with Gasteiger partial charge in [-0.1, -0.05) is 5.92 Å². The van der Waals surface area contributed by atoms with Crippen LogP contribution in [0.1, 0.15) is 19.3 Å². The second-order valence-electron chi connectivity index (χ2n) is 3.31. The molecule has 1 saturated carbocycles. The van der Waals surface area contributed by atoms with E-state index < -0.39 is 5.79 Å². The third-order valence-corrected chi connectivity index (χ3v) is 2.11. The van der Waals surface area contributed by atoms with Gasteiger partial charge in [0.15, 0.2) is 5.79 Å². The monoisotopic (exact) mass is 170 g/mol. The minimum Gasteiger partial charge on any atom is -0.369 e. The molecule has 0 radical (unpaired) electrons. The van der Waals surface area contributed by atoms with Crippen LogP contribution < -0.4 is 0 Å². The van der Waals surface area contributed by atoms with Gasteiger partial charge in [-0.15, -0.1) is 6.42 Å². The van der Waals surface area contributed by atoms with Crippen LogP contribution in [0.2, 0.25) is 0 Å². The Morgan fingerprint density at radius 3 is 2.83 bits per heavy atom. The summed E-state index contributed by atoms with van der Waals surface area (Å²) in [7, 11) is 0. The molecule has 0 saturated heterocycles. The zero-order valence-corrected chi connectivity index (χ0v) is 6.99. The Balaban J connectivity index is 2.16. The van der Waals surface area contributed by atoms with Crippen LogP contribution in [0.3, 0.4) is 0 Å². The van der Waals surface area contributed by atoms with Crippen molar-refractivity contribution in [3.05, 3.63) is 0 Å². The maximum atomic E-state index is 9.18. The van der Waals surface area contributed by atoms with E-state index in [0.717, 1.165) is 6.42 Å². The molecular formula is C9H14O3. The average molecular weight is 170 g/mol. The normalized spacial score (nSPS) is 26.9. The van der Waals surface area contributed by atoms with Gasteiger partial charge < -0.3 is 14.9 Å². The summed E-state index contributed by atoms with van der Waals surface area (Å²) < 4.78 is 5.10. The molecule has 0 amide bonds. The van der Waals surface area contributed by atoms with Crippen molar-refractivity contribution in [2.75, 3.05) is 13.2 Å². The second kappa shape index (κ2) is 3.90. The summed E-state index contributed by atoms with van der Waals surface area (Å²) in [6, 6.07) is 0. The van der Waals surface area contributed by atoms with Crippen molar-refractivity contribution in [3.63, 3.8) is 0 Å². The maximum Gasteiger partial charge on any atom is 0.162 e. The Bertz CT molecular complexity index is 181. The molecule has 0 aromatic heterocycles. The summed E-state index contributed by atoms with van der Waals surface area (Å²) in [6.07, 6.45) is 6.64. The number of ether oxygens (including phenoxy) is 1.